The minimum absolute atomic E-state index is 0. The van der Waals surface area contributed by atoms with Gasteiger partial charge < -0.3 is 33.8 Å². The van der Waals surface area contributed by atoms with Gasteiger partial charge in [-0.3, -0.25) is 0 Å². The number of nitrogen functional groups attached to an aromatic ring is 1. The van der Waals surface area contributed by atoms with E-state index in [0.717, 1.165) is 5.39 Å². The molecule has 6 N–H and O–H groups in total. The first-order valence-electron chi connectivity index (χ1n) is 4.74. The van der Waals surface area contributed by atoms with Gasteiger partial charge in [0.1, 0.15) is 5.75 Å². The molecule has 0 aliphatic rings. The number of phenols is 1. The molecule has 2 aromatic carbocycles. The molecule has 0 unspecified atom stereocenters. The minimum Gasteiger partial charge on any atom is -0.780 e. The molecule has 7 heteroatoms. The number of nitrogens with two attached hydrogens (primary N) is 2. The monoisotopic (exact) mass is 461 g/mol. The van der Waals surface area contributed by atoms with Crippen LogP contribution in [0, 0.1) is 0 Å². The van der Waals surface area contributed by atoms with E-state index in [9.17, 15) is 5.11 Å². The van der Waals surface area contributed by atoms with E-state index in [1.165, 1.54) is 13.1 Å². The summed E-state index contributed by atoms with van der Waals surface area (Å²) < 4.78 is 8.91. The van der Waals surface area contributed by atoms with E-state index in [4.69, 9.17) is 22.9 Å². The maximum atomic E-state index is 9.72. The van der Waals surface area contributed by atoms with Crippen LogP contribution < -0.4 is 11.5 Å². The van der Waals surface area contributed by atoms with Crippen LogP contribution in [0.3, 0.4) is 0 Å². The summed E-state index contributed by atoms with van der Waals surface area (Å²) in [5, 5.41) is 11.0. The summed E-state index contributed by atoms with van der Waals surface area (Å²) in [5.41, 5.74) is 10.7. The second-order valence-electron chi connectivity index (χ2n) is 3.14. The van der Waals surface area contributed by atoms with Crippen molar-refractivity contribution in [2.75, 3.05) is 12.8 Å². The molecule has 0 aliphatic heterocycles. The Kier molecular flexibility index (Phi) is 7.52. The fourth-order valence-electron chi connectivity index (χ4n) is 1.52. The van der Waals surface area contributed by atoms with Crippen LogP contribution >= 0.6 is 12.0 Å². The molecule has 0 bridgehead atoms. The molecule has 0 aliphatic carbocycles. The van der Waals surface area contributed by atoms with Gasteiger partial charge in [-0.15, -0.1) is 0 Å². The van der Waals surface area contributed by atoms with Crippen LogP contribution in [-0.4, -0.2) is 16.7 Å². The van der Waals surface area contributed by atoms with Crippen molar-refractivity contribution in [1.29, 1.82) is 0 Å². The number of anilines is 1. The molecule has 0 fully saturated rings. The zero-order valence-corrected chi connectivity index (χ0v) is 13.7. The smallest absolute Gasteiger partial charge is 0.780 e. The first kappa shape index (κ1) is 17.4. The first-order chi connectivity index (χ1) is 8.11. The Hall–Kier alpha value is -0.574. The summed E-state index contributed by atoms with van der Waals surface area (Å²) in [6, 6.07) is 6.56. The predicted octanol–water partition coefficient (Wildman–Crippen LogP) is 2.17. The van der Waals surface area contributed by atoms with Gasteiger partial charge in [0, 0.05) is 28.0 Å². The Morgan fingerprint density at radius 3 is 2.33 bits per heavy atom. The average molecular weight is 460 g/mol. The van der Waals surface area contributed by atoms with Crippen molar-refractivity contribution in [1.82, 2.24) is 0 Å². The molecule has 0 saturated carbocycles. The molecule has 0 amide bonds. The molecule has 0 spiro atoms. The van der Waals surface area contributed by atoms with Crippen LogP contribution in [-0.2, 0) is 32.4 Å². The predicted molar refractivity (Wildman–Crippen MR) is 74.3 cm³/mol. The molecule has 0 atom stereocenters. The molecular formula is C11H13N2O2OsS2. The molecule has 18 heavy (non-hydrogen) atoms. The number of rotatable bonds is 1. The van der Waals surface area contributed by atoms with Crippen LogP contribution in [0.15, 0.2) is 34.1 Å². The van der Waals surface area contributed by atoms with E-state index in [2.05, 4.69) is 5.73 Å². The van der Waals surface area contributed by atoms with Crippen molar-refractivity contribution in [2.24, 2.45) is 5.73 Å². The fraction of sp³-hybridized carbons (Fsp3) is 0.0909. The number of phenolic OH excluding ortho intramolecular Hbond substituents is 1. The fourth-order valence-corrected chi connectivity index (χ4v) is 2.12. The van der Waals surface area contributed by atoms with Crippen molar-refractivity contribution in [2.45, 2.75) is 9.79 Å². The zero-order chi connectivity index (χ0) is 13.0. The Bertz CT molecular complexity index is 538. The van der Waals surface area contributed by atoms with Gasteiger partial charge in [0.15, 0.2) is 0 Å². The van der Waals surface area contributed by atoms with E-state index in [-0.39, 0.29) is 25.5 Å². The third-order valence-corrected chi connectivity index (χ3v) is 2.79. The Balaban J connectivity index is 0.000000917. The van der Waals surface area contributed by atoms with Crippen molar-refractivity contribution in [3.05, 3.63) is 24.3 Å². The summed E-state index contributed by atoms with van der Waals surface area (Å²) >= 11 is 5.59. The van der Waals surface area contributed by atoms with E-state index in [1.54, 1.807) is 18.2 Å². The number of aromatic hydroxyl groups is 1. The standard InChI is InChI=1S/C10H9NO2S2.CH5N.Os/c11-8-3-6(14)1-5-2-7(15-13)4-9(12)10(5)8;1-2;/h1-4,12-14H,11H2;2H2,1H3;/q;;+1/p-1. The molecule has 4 nitrogen and oxygen atoms in total. The zero-order valence-electron chi connectivity index (χ0n) is 9.53. The summed E-state index contributed by atoms with van der Waals surface area (Å²) in [4.78, 5) is 1.17. The topological polar surface area (TPSA) is 92.5 Å². The van der Waals surface area contributed by atoms with Crippen LogP contribution in [0.2, 0.25) is 0 Å². The third-order valence-electron chi connectivity index (χ3n) is 2.11. The molecule has 2 aromatic rings. The number of benzene rings is 2. The van der Waals surface area contributed by atoms with Gasteiger partial charge in [-0.2, -0.15) is 4.90 Å². The molecular weight excluding hydrogens is 446 g/mol. The van der Waals surface area contributed by atoms with Crippen LogP contribution in [0.5, 0.6) is 5.75 Å². The average Bonchev–Trinajstić information content (AvgIpc) is 2.29. The van der Waals surface area contributed by atoms with Crippen molar-refractivity contribution in [3.63, 3.8) is 0 Å². The van der Waals surface area contributed by atoms with E-state index in [0.29, 0.717) is 32.9 Å². The molecule has 0 saturated heterocycles. The van der Waals surface area contributed by atoms with Gasteiger partial charge >= 0.3 is 19.8 Å². The summed E-state index contributed by atoms with van der Waals surface area (Å²) in [7, 11) is 1.50. The number of hydrogen-bond donors (Lipinski definition) is 4. The van der Waals surface area contributed by atoms with Crippen molar-refractivity contribution >= 4 is 41.1 Å². The van der Waals surface area contributed by atoms with Crippen LogP contribution in [0.4, 0.5) is 5.69 Å². The van der Waals surface area contributed by atoms with Crippen LogP contribution in [0.1, 0.15) is 0 Å². The van der Waals surface area contributed by atoms with Crippen molar-refractivity contribution in [3.8, 4) is 5.75 Å². The van der Waals surface area contributed by atoms with Crippen molar-refractivity contribution < 1.29 is 29.4 Å². The number of fused-ring (bicyclic) bond motifs is 1. The normalized spacial score (nSPS) is 9.28. The molecule has 0 heterocycles. The first-order valence-corrected chi connectivity index (χ1v) is 5.92. The minimum atomic E-state index is 0. The second-order valence-corrected chi connectivity index (χ2v) is 4.27. The maximum absolute atomic E-state index is 9.72. The summed E-state index contributed by atoms with van der Waals surface area (Å²) in [6.45, 7) is 0. The molecule has 0 aromatic heterocycles. The summed E-state index contributed by atoms with van der Waals surface area (Å²) in [6.07, 6.45) is 0. The van der Waals surface area contributed by atoms with Gasteiger partial charge in [-0.1, -0.05) is 12.1 Å². The van der Waals surface area contributed by atoms with E-state index in [1.807, 2.05) is 0 Å². The van der Waals surface area contributed by atoms with Gasteiger partial charge in [-0.25, -0.2) is 0 Å². The molecule has 99 valence electrons. The van der Waals surface area contributed by atoms with Gasteiger partial charge in [0.2, 0.25) is 0 Å². The quantitative estimate of drug-likeness (QED) is 0.297. The van der Waals surface area contributed by atoms with Crippen LogP contribution in [0.25, 0.3) is 10.8 Å². The third kappa shape index (κ3) is 3.71. The Morgan fingerprint density at radius 1 is 1.17 bits per heavy atom. The molecule has 1 radical (unpaired) electrons. The number of hydrogen-bond acceptors (Lipinski definition) is 6. The maximum Gasteiger partial charge on any atom is 1.00 e. The Morgan fingerprint density at radius 2 is 1.78 bits per heavy atom. The largest absolute Gasteiger partial charge is 1.00 e. The van der Waals surface area contributed by atoms with Gasteiger partial charge in [0.05, 0.1) is 0 Å². The van der Waals surface area contributed by atoms with E-state index < -0.39 is 0 Å². The Labute approximate surface area is 128 Å². The summed E-state index contributed by atoms with van der Waals surface area (Å²) in [5.74, 6) is 0.0524. The second kappa shape index (κ2) is 7.77. The van der Waals surface area contributed by atoms with Gasteiger partial charge in [0.25, 0.3) is 0 Å². The van der Waals surface area contributed by atoms with Gasteiger partial charge in [-0.05, 0) is 24.6 Å². The van der Waals surface area contributed by atoms with E-state index >= 15 is 0 Å². The SMILES string of the molecule is CN.Nc1cc([S-])cc2cc(SO)cc(O)c12.[Os+]. The molecule has 2 rings (SSSR count).